The number of aryl methyl sites for hydroxylation is 1. The predicted molar refractivity (Wildman–Crippen MR) is 83.9 cm³/mol. The maximum absolute atomic E-state index is 8.94. The van der Waals surface area contributed by atoms with Crippen LogP contribution in [-0.2, 0) is 6.42 Å². The van der Waals surface area contributed by atoms with E-state index in [0.717, 1.165) is 12.2 Å². The first-order valence-electron chi connectivity index (χ1n) is 7.87. The molecule has 2 nitrogen and oxygen atoms in total. The summed E-state index contributed by atoms with van der Waals surface area (Å²) in [5.41, 5.74) is 1.35. The molecule has 0 aliphatic rings. The summed E-state index contributed by atoms with van der Waals surface area (Å²) in [6.45, 7) is 7.61. The molecular formula is C18H28O2. The van der Waals surface area contributed by atoms with Crippen LogP contribution in [0.5, 0.6) is 5.75 Å². The first-order chi connectivity index (χ1) is 9.72. The van der Waals surface area contributed by atoms with Gasteiger partial charge in [-0.1, -0.05) is 57.6 Å². The molecule has 1 unspecified atom stereocenters. The number of benzene rings is 1. The Balaban J connectivity index is 2.12. The number of hydrogen-bond donors (Lipinski definition) is 1. The highest BCUT2D eigenvalue weighted by Crippen LogP contribution is 2.15. The third-order valence-electron chi connectivity index (χ3n) is 3.41. The zero-order chi connectivity index (χ0) is 14.6. The fraction of sp³-hybridized carbons (Fsp3) is 0.611. The summed E-state index contributed by atoms with van der Waals surface area (Å²) in [7, 11) is 0. The zero-order valence-electron chi connectivity index (χ0n) is 12.7. The van der Waals surface area contributed by atoms with Crippen molar-refractivity contribution in [2.75, 3.05) is 6.61 Å². The van der Waals surface area contributed by atoms with Gasteiger partial charge in [-0.2, -0.15) is 0 Å². The molecule has 1 atom stereocenters. The number of ether oxygens (including phenoxy) is 1. The van der Waals surface area contributed by atoms with Gasteiger partial charge in [-0.05, 0) is 37.5 Å². The molecule has 0 saturated carbocycles. The van der Waals surface area contributed by atoms with E-state index >= 15 is 0 Å². The summed E-state index contributed by atoms with van der Waals surface area (Å²) in [5.74, 6) is 0.762. The number of aliphatic hydroxyl groups is 1. The second-order valence-corrected chi connectivity index (χ2v) is 5.39. The van der Waals surface area contributed by atoms with E-state index in [1.54, 1.807) is 0 Å². The van der Waals surface area contributed by atoms with E-state index < -0.39 is 6.10 Å². The number of unbranched alkanes of at least 4 members (excludes halogenated alkanes) is 6. The van der Waals surface area contributed by atoms with Crippen LogP contribution < -0.4 is 4.74 Å². The molecule has 112 valence electrons. The van der Waals surface area contributed by atoms with Gasteiger partial charge in [0.2, 0.25) is 0 Å². The molecule has 1 N–H and O–H groups in total. The molecule has 1 aromatic rings. The lowest BCUT2D eigenvalue weighted by Gasteiger charge is -2.08. The molecular weight excluding hydrogens is 248 g/mol. The molecule has 0 fully saturated rings. The molecule has 0 amide bonds. The average Bonchev–Trinajstić information content (AvgIpc) is 2.45. The molecule has 20 heavy (non-hydrogen) atoms. The molecule has 0 bridgehead atoms. The van der Waals surface area contributed by atoms with Crippen LogP contribution in [0.25, 0.3) is 0 Å². The predicted octanol–water partition coefficient (Wildman–Crippen LogP) is 4.43. The summed E-state index contributed by atoms with van der Waals surface area (Å²) in [6, 6.07) is 8.07. The Kier molecular flexibility index (Phi) is 9.14. The second kappa shape index (κ2) is 10.7. The van der Waals surface area contributed by atoms with E-state index in [-0.39, 0.29) is 6.61 Å². The summed E-state index contributed by atoms with van der Waals surface area (Å²) in [5, 5.41) is 8.94. The average molecular weight is 276 g/mol. The maximum atomic E-state index is 8.94. The van der Waals surface area contributed by atoms with Gasteiger partial charge in [0, 0.05) is 0 Å². The van der Waals surface area contributed by atoms with Crippen LogP contribution in [0.2, 0.25) is 0 Å². The first-order valence-corrected chi connectivity index (χ1v) is 7.87. The van der Waals surface area contributed by atoms with Gasteiger partial charge >= 0.3 is 0 Å². The smallest absolute Gasteiger partial charge is 0.119 e. The Morgan fingerprint density at radius 1 is 1.00 bits per heavy atom. The second-order valence-electron chi connectivity index (χ2n) is 5.39. The first kappa shape index (κ1) is 17.0. The summed E-state index contributed by atoms with van der Waals surface area (Å²) >= 11 is 0. The summed E-state index contributed by atoms with van der Waals surface area (Å²) in [6.07, 6.45) is 9.60. The lowest BCUT2D eigenvalue weighted by molar-refractivity contribution is 0.142. The highest BCUT2D eigenvalue weighted by Gasteiger charge is 1.99. The van der Waals surface area contributed by atoms with Crippen molar-refractivity contribution in [3.05, 3.63) is 36.8 Å². The van der Waals surface area contributed by atoms with Gasteiger partial charge in [0.1, 0.15) is 12.4 Å². The van der Waals surface area contributed by atoms with Crippen LogP contribution in [0, 0.1) is 6.92 Å². The lowest BCUT2D eigenvalue weighted by Crippen LogP contribution is -2.13. The van der Waals surface area contributed by atoms with Gasteiger partial charge in [0.15, 0.2) is 0 Å². The van der Waals surface area contributed by atoms with Gasteiger partial charge in [0.05, 0.1) is 6.10 Å². The third kappa shape index (κ3) is 8.21. The molecule has 1 rings (SSSR count). The largest absolute Gasteiger partial charge is 0.491 e. The SMILES string of the molecule is [CH]C(O)COc1ccc(CCCCCCCCC)cc1. The van der Waals surface area contributed by atoms with E-state index in [1.807, 2.05) is 12.1 Å². The third-order valence-corrected chi connectivity index (χ3v) is 3.41. The molecule has 0 saturated heterocycles. The van der Waals surface area contributed by atoms with Gasteiger partial charge in [-0.15, -0.1) is 0 Å². The van der Waals surface area contributed by atoms with Crippen molar-refractivity contribution in [2.24, 2.45) is 0 Å². The quantitative estimate of drug-likeness (QED) is 0.606. The van der Waals surface area contributed by atoms with Crippen molar-refractivity contribution in [3.8, 4) is 5.75 Å². The minimum atomic E-state index is -0.914. The topological polar surface area (TPSA) is 29.5 Å². The standard InChI is InChI=1S/C18H28O2/c1-3-4-5-6-7-8-9-10-17-11-13-18(14-12-17)20-15-16(2)19/h2,11-14,16,19H,3-10,15H2,1H3. The molecule has 0 spiro atoms. The van der Waals surface area contributed by atoms with Crippen molar-refractivity contribution in [3.63, 3.8) is 0 Å². The molecule has 0 aliphatic carbocycles. The minimum Gasteiger partial charge on any atom is -0.491 e. The van der Waals surface area contributed by atoms with Gasteiger partial charge in [-0.25, -0.2) is 0 Å². The molecule has 2 heteroatoms. The number of hydrogen-bond acceptors (Lipinski definition) is 2. The van der Waals surface area contributed by atoms with Crippen LogP contribution in [0.15, 0.2) is 24.3 Å². The van der Waals surface area contributed by atoms with E-state index in [2.05, 4.69) is 19.1 Å². The fourth-order valence-corrected chi connectivity index (χ4v) is 2.22. The highest BCUT2D eigenvalue weighted by atomic mass is 16.5. The monoisotopic (exact) mass is 276 g/mol. The summed E-state index contributed by atoms with van der Waals surface area (Å²) in [4.78, 5) is 0. The summed E-state index contributed by atoms with van der Waals surface area (Å²) < 4.78 is 5.33. The van der Waals surface area contributed by atoms with Crippen molar-refractivity contribution in [1.82, 2.24) is 0 Å². The molecule has 0 aromatic heterocycles. The van der Waals surface area contributed by atoms with E-state index in [1.165, 1.54) is 50.5 Å². The van der Waals surface area contributed by atoms with Gasteiger partial charge < -0.3 is 9.84 Å². The Labute approximate surface area is 124 Å². The van der Waals surface area contributed by atoms with E-state index in [0.29, 0.717) is 0 Å². The Hall–Kier alpha value is -1.02. The van der Waals surface area contributed by atoms with Crippen LogP contribution in [0.1, 0.15) is 57.4 Å². The van der Waals surface area contributed by atoms with Gasteiger partial charge in [0.25, 0.3) is 0 Å². The van der Waals surface area contributed by atoms with Gasteiger partial charge in [-0.3, -0.25) is 0 Å². The lowest BCUT2D eigenvalue weighted by atomic mass is 10.0. The van der Waals surface area contributed by atoms with Crippen LogP contribution in [0.4, 0.5) is 0 Å². The van der Waals surface area contributed by atoms with Crippen LogP contribution in [0.3, 0.4) is 0 Å². The zero-order valence-corrected chi connectivity index (χ0v) is 12.7. The van der Waals surface area contributed by atoms with Crippen molar-refractivity contribution < 1.29 is 9.84 Å². The highest BCUT2D eigenvalue weighted by molar-refractivity contribution is 5.27. The normalized spacial score (nSPS) is 12.3. The van der Waals surface area contributed by atoms with E-state index in [9.17, 15) is 0 Å². The maximum Gasteiger partial charge on any atom is 0.119 e. The Bertz CT molecular complexity index is 330. The Morgan fingerprint density at radius 3 is 2.20 bits per heavy atom. The number of rotatable bonds is 11. The van der Waals surface area contributed by atoms with Crippen molar-refractivity contribution in [2.45, 2.75) is 64.4 Å². The fourth-order valence-electron chi connectivity index (χ4n) is 2.22. The molecule has 0 heterocycles. The van der Waals surface area contributed by atoms with E-state index in [4.69, 9.17) is 16.8 Å². The van der Waals surface area contributed by atoms with Crippen LogP contribution in [-0.4, -0.2) is 17.8 Å². The minimum absolute atomic E-state index is 0.136. The van der Waals surface area contributed by atoms with Crippen molar-refractivity contribution in [1.29, 1.82) is 0 Å². The number of aliphatic hydroxyl groups excluding tert-OH is 1. The molecule has 1 aromatic carbocycles. The Morgan fingerprint density at radius 2 is 1.60 bits per heavy atom. The molecule has 0 aliphatic heterocycles. The molecule has 2 radical (unpaired) electrons. The van der Waals surface area contributed by atoms with Crippen molar-refractivity contribution >= 4 is 0 Å². The van der Waals surface area contributed by atoms with Crippen LogP contribution >= 0.6 is 0 Å².